The average Bonchev–Trinajstić information content (AvgIpc) is 2.08. The minimum absolute atomic E-state index is 1.22. The third-order valence-electron chi connectivity index (χ3n) is 2.12. The maximum atomic E-state index is 3.46. The molecule has 0 unspecified atom stereocenters. The van der Waals surface area contributed by atoms with Gasteiger partial charge in [0.1, 0.15) is 0 Å². The summed E-state index contributed by atoms with van der Waals surface area (Å²) < 4.78 is 0. The molecular weight excluding hydrogens is 134 g/mol. The molecule has 64 valence electrons. The summed E-state index contributed by atoms with van der Waals surface area (Å²) in [5, 5.41) is 3.46. The van der Waals surface area contributed by atoms with Gasteiger partial charge < -0.3 is 5.32 Å². The lowest BCUT2D eigenvalue weighted by Gasteiger charge is -2.01. The highest BCUT2D eigenvalue weighted by atomic mass is 14.8. The molecule has 1 rings (SSSR count). The molecule has 1 N–H and O–H groups in total. The van der Waals surface area contributed by atoms with Crippen molar-refractivity contribution in [2.45, 2.75) is 38.5 Å². The Kier molecular flexibility index (Phi) is 5.13. The van der Waals surface area contributed by atoms with Gasteiger partial charge in [0.25, 0.3) is 0 Å². The summed E-state index contributed by atoms with van der Waals surface area (Å²) in [5.41, 5.74) is 0. The second-order valence-corrected chi connectivity index (χ2v) is 3.21. The van der Waals surface area contributed by atoms with Crippen LogP contribution in [0.5, 0.6) is 0 Å². The van der Waals surface area contributed by atoms with Crippen molar-refractivity contribution in [2.75, 3.05) is 13.1 Å². The molecule has 1 heteroatoms. The first-order valence-corrected chi connectivity index (χ1v) is 4.86. The quantitative estimate of drug-likeness (QED) is 0.527. The van der Waals surface area contributed by atoms with E-state index < -0.39 is 0 Å². The maximum absolute atomic E-state index is 3.46. The first-order chi connectivity index (χ1) is 5.50. The fourth-order valence-corrected chi connectivity index (χ4v) is 1.39. The zero-order valence-corrected chi connectivity index (χ0v) is 7.31. The molecule has 1 aliphatic heterocycles. The van der Waals surface area contributed by atoms with Crippen LogP contribution in [0.2, 0.25) is 0 Å². The molecule has 0 radical (unpaired) electrons. The Morgan fingerprint density at radius 3 is 1.82 bits per heavy atom. The van der Waals surface area contributed by atoms with Crippen LogP contribution in [0.25, 0.3) is 0 Å². The molecule has 1 heterocycles. The summed E-state index contributed by atoms with van der Waals surface area (Å²) in [6.07, 6.45) is 12.6. The number of allylic oxidation sites excluding steroid dienone is 2. The van der Waals surface area contributed by atoms with Gasteiger partial charge in [0, 0.05) is 0 Å². The van der Waals surface area contributed by atoms with E-state index in [1.165, 1.54) is 51.6 Å². The smallest absolute Gasteiger partial charge is 0.00488 e. The Morgan fingerprint density at radius 2 is 1.27 bits per heavy atom. The summed E-state index contributed by atoms with van der Waals surface area (Å²) in [7, 11) is 0. The van der Waals surface area contributed by atoms with Gasteiger partial charge in [-0.15, -0.1) is 0 Å². The first kappa shape index (κ1) is 8.79. The van der Waals surface area contributed by atoms with Gasteiger partial charge in [-0.2, -0.15) is 0 Å². The lowest BCUT2D eigenvalue weighted by atomic mass is 10.2. The van der Waals surface area contributed by atoms with E-state index in [1.54, 1.807) is 0 Å². The highest BCUT2D eigenvalue weighted by Gasteiger charge is 1.90. The molecule has 1 nitrogen and oxygen atoms in total. The van der Waals surface area contributed by atoms with E-state index in [0.717, 1.165) is 0 Å². The third-order valence-corrected chi connectivity index (χ3v) is 2.12. The van der Waals surface area contributed by atoms with Crippen molar-refractivity contribution < 1.29 is 0 Å². The fraction of sp³-hybridized carbons (Fsp3) is 0.800. The van der Waals surface area contributed by atoms with Crippen LogP contribution in [0.3, 0.4) is 0 Å². The SMILES string of the molecule is C1=CCCCCNCCCC1. The van der Waals surface area contributed by atoms with Crippen molar-refractivity contribution in [3.63, 3.8) is 0 Å². The van der Waals surface area contributed by atoms with Crippen molar-refractivity contribution in [3.05, 3.63) is 12.2 Å². The van der Waals surface area contributed by atoms with Crippen LogP contribution in [0.4, 0.5) is 0 Å². The molecule has 0 aromatic rings. The molecule has 0 saturated heterocycles. The van der Waals surface area contributed by atoms with Crippen molar-refractivity contribution >= 4 is 0 Å². The summed E-state index contributed by atoms with van der Waals surface area (Å²) in [6.45, 7) is 2.43. The Hall–Kier alpha value is -0.300. The van der Waals surface area contributed by atoms with Crippen LogP contribution in [-0.2, 0) is 0 Å². The van der Waals surface area contributed by atoms with Crippen molar-refractivity contribution in [3.8, 4) is 0 Å². The fourth-order valence-electron chi connectivity index (χ4n) is 1.39. The van der Waals surface area contributed by atoms with Gasteiger partial charge in [-0.25, -0.2) is 0 Å². The van der Waals surface area contributed by atoms with Crippen LogP contribution in [-0.4, -0.2) is 13.1 Å². The largest absolute Gasteiger partial charge is 0.317 e. The molecule has 0 spiro atoms. The molecule has 0 amide bonds. The van der Waals surface area contributed by atoms with Crippen molar-refractivity contribution in [1.29, 1.82) is 0 Å². The Balaban J connectivity index is 2.11. The molecule has 0 aliphatic carbocycles. The minimum Gasteiger partial charge on any atom is -0.317 e. The van der Waals surface area contributed by atoms with E-state index >= 15 is 0 Å². The second-order valence-electron chi connectivity index (χ2n) is 3.21. The standard InChI is InChI=1S/C10H19N/c1-2-4-6-8-10-11-9-7-5-3-1/h1-2,11H,3-10H2. The molecule has 0 aromatic carbocycles. The van der Waals surface area contributed by atoms with E-state index in [4.69, 9.17) is 0 Å². The van der Waals surface area contributed by atoms with Gasteiger partial charge in [0.05, 0.1) is 0 Å². The number of hydrogen-bond acceptors (Lipinski definition) is 1. The lowest BCUT2D eigenvalue weighted by Crippen LogP contribution is -2.16. The normalized spacial score (nSPS) is 22.5. The second kappa shape index (κ2) is 6.41. The maximum Gasteiger partial charge on any atom is -0.00488 e. The highest BCUT2D eigenvalue weighted by molar-refractivity contribution is 4.81. The third kappa shape index (κ3) is 5.02. The zero-order valence-electron chi connectivity index (χ0n) is 7.31. The van der Waals surface area contributed by atoms with E-state index in [2.05, 4.69) is 17.5 Å². The predicted octanol–water partition coefficient (Wildman–Crippen LogP) is 2.49. The Morgan fingerprint density at radius 1 is 0.727 bits per heavy atom. The summed E-state index contributed by atoms with van der Waals surface area (Å²) >= 11 is 0. The molecule has 0 saturated carbocycles. The summed E-state index contributed by atoms with van der Waals surface area (Å²) in [4.78, 5) is 0. The molecule has 11 heavy (non-hydrogen) atoms. The zero-order chi connectivity index (χ0) is 7.78. The van der Waals surface area contributed by atoms with E-state index in [0.29, 0.717) is 0 Å². The van der Waals surface area contributed by atoms with Gasteiger partial charge in [0.2, 0.25) is 0 Å². The van der Waals surface area contributed by atoms with Crippen LogP contribution in [0.1, 0.15) is 38.5 Å². The molecule has 1 aliphatic rings. The van der Waals surface area contributed by atoms with Crippen molar-refractivity contribution in [2.24, 2.45) is 0 Å². The lowest BCUT2D eigenvalue weighted by molar-refractivity contribution is 0.599. The Labute approximate surface area is 69.9 Å². The van der Waals surface area contributed by atoms with Gasteiger partial charge in [-0.05, 0) is 51.6 Å². The average molecular weight is 153 g/mol. The van der Waals surface area contributed by atoms with Gasteiger partial charge in [-0.1, -0.05) is 12.2 Å². The van der Waals surface area contributed by atoms with Gasteiger partial charge in [-0.3, -0.25) is 0 Å². The van der Waals surface area contributed by atoms with Crippen LogP contribution in [0, 0.1) is 0 Å². The highest BCUT2D eigenvalue weighted by Crippen LogP contribution is 2.01. The van der Waals surface area contributed by atoms with Crippen LogP contribution >= 0.6 is 0 Å². The van der Waals surface area contributed by atoms with E-state index in [1.807, 2.05) is 0 Å². The summed E-state index contributed by atoms with van der Waals surface area (Å²) in [5.74, 6) is 0. The number of nitrogens with one attached hydrogen (secondary N) is 1. The molecule has 0 aromatic heterocycles. The van der Waals surface area contributed by atoms with Crippen molar-refractivity contribution in [1.82, 2.24) is 5.32 Å². The molecule has 0 atom stereocenters. The van der Waals surface area contributed by atoms with E-state index in [9.17, 15) is 0 Å². The molecular formula is C10H19N. The molecule has 0 bridgehead atoms. The Bertz CT molecular complexity index is 95.4. The van der Waals surface area contributed by atoms with Gasteiger partial charge >= 0.3 is 0 Å². The van der Waals surface area contributed by atoms with Gasteiger partial charge in [0.15, 0.2) is 0 Å². The summed E-state index contributed by atoms with van der Waals surface area (Å²) in [6, 6.07) is 0. The topological polar surface area (TPSA) is 12.0 Å². The number of hydrogen-bond donors (Lipinski definition) is 1. The van der Waals surface area contributed by atoms with Crippen LogP contribution < -0.4 is 5.32 Å². The molecule has 0 fully saturated rings. The van der Waals surface area contributed by atoms with E-state index in [-0.39, 0.29) is 0 Å². The first-order valence-electron chi connectivity index (χ1n) is 4.86. The number of rotatable bonds is 0. The predicted molar refractivity (Wildman–Crippen MR) is 49.7 cm³/mol. The van der Waals surface area contributed by atoms with Crippen LogP contribution in [0.15, 0.2) is 12.2 Å². The monoisotopic (exact) mass is 153 g/mol. The minimum atomic E-state index is 1.22.